The zero-order valence-electron chi connectivity index (χ0n) is 10.7. The average molecular weight is 210 g/mol. The Kier molecular flexibility index (Phi) is 3.36. The second-order valence-corrected chi connectivity index (χ2v) is 5.57. The molecule has 5 unspecified atom stereocenters. The molecule has 2 rings (SSSR count). The lowest BCUT2D eigenvalue weighted by Gasteiger charge is -2.43. The third kappa shape index (κ3) is 2.21. The maximum atomic E-state index is 3.63. The molecule has 2 heteroatoms. The molecule has 1 N–H and O–H groups in total. The molecule has 0 aromatic carbocycles. The highest BCUT2D eigenvalue weighted by atomic mass is 15.2. The highest BCUT2D eigenvalue weighted by Gasteiger charge is 2.44. The van der Waals surface area contributed by atoms with Crippen LogP contribution in [-0.4, -0.2) is 36.1 Å². The summed E-state index contributed by atoms with van der Waals surface area (Å²) >= 11 is 0. The van der Waals surface area contributed by atoms with Crippen LogP contribution in [0.2, 0.25) is 0 Å². The molecular weight excluding hydrogens is 184 g/mol. The van der Waals surface area contributed by atoms with E-state index in [1.54, 1.807) is 0 Å². The summed E-state index contributed by atoms with van der Waals surface area (Å²) in [4.78, 5) is 2.75. The van der Waals surface area contributed by atoms with E-state index in [2.05, 4.69) is 37.9 Å². The summed E-state index contributed by atoms with van der Waals surface area (Å²) < 4.78 is 0. The molecule has 15 heavy (non-hydrogen) atoms. The van der Waals surface area contributed by atoms with Crippen molar-refractivity contribution >= 4 is 0 Å². The standard InChI is InChI=1S/C13H26N2/c1-5-14-12-6-7-15(11(4)10(12)3)13-8-9(13)2/h9-14H,5-8H2,1-4H3. The molecular formula is C13H26N2. The van der Waals surface area contributed by atoms with Crippen molar-refractivity contribution in [2.24, 2.45) is 11.8 Å². The first-order valence-corrected chi connectivity index (χ1v) is 6.64. The maximum Gasteiger partial charge on any atom is 0.0127 e. The lowest BCUT2D eigenvalue weighted by molar-refractivity contribution is 0.0747. The van der Waals surface area contributed by atoms with E-state index in [1.807, 2.05) is 0 Å². The number of likely N-dealkylation sites (tertiary alicyclic amines) is 1. The first-order chi connectivity index (χ1) is 7.15. The van der Waals surface area contributed by atoms with Crippen molar-refractivity contribution in [1.29, 1.82) is 0 Å². The van der Waals surface area contributed by atoms with Gasteiger partial charge in [-0.25, -0.2) is 0 Å². The molecule has 2 fully saturated rings. The quantitative estimate of drug-likeness (QED) is 0.767. The molecule has 1 aliphatic heterocycles. The van der Waals surface area contributed by atoms with Gasteiger partial charge >= 0.3 is 0 Å². The monoisotopic (exact) mass is 210 g/mol. The van der Waals surface area contributed by atoms with E-state index < -0.39 is 0 Å². The summed E-state index contributed by atoms with van der Waals surface area (Å²) in [6.07, 6.45) is 2.77. The van der Waals surface area contributed by atoms with Crippen molar-refractivity contribution in [2.45, 2.75) is 58.7 Å². The Morgan fingerprint density at radius 1 is 1.27 bits per heavy atom. The Labute approximate surface area is 94.4 Å². The fourth-order valence-corrected chi connectivity index (χ4v) is 3.18. The number of piperidine rings is 1. The van der Waals surface area contributed by atoms with Crippen LogP contribution in [0.25, 0.3) is 0 Å². The van der Waals surface area contributed by atoms with Crippen molar-refractivity contribution in [3.8, 4) is 0 Å². The maximum absolute atomic E-state index is 3.63. The van der Waals surface area contributed by atoms with Gasteiger partial charge in [-0.1, -0.05) is 20.8 Å². The molecule has 1 aliphatic carbocycles. The topological polar surface area (TPSA) is 15.3 Å². The summed E-state index contributed by atoms with van der Waals surface area (Å²) in [6, 6.07) is 2.41. The van der Waals surface area contributed by atoms with E-state index in [-0.39, 0.29) is 0 Å². The van der Waals surface area contributed by atoms with Crippen molar-refractivity contribution in [1.82, 2.24) is 10.2 Å². The van der Waals surface area contributed by atoms with Gasteiger partial charge in [-0.2, -0.15) is 0 Å². The van der Waals surface area contributed by atoms with Gasteiger partial charge in [-0.15, -0.1) is 0 Å². The second-order valence-electron chi connectivity index (χ2n) is 5.57. The van der Waals surface area contributed by atoms with Crippen molar-refractivity contribution in [3.63, 3.8) is 0 Å². The molecule has 0 spiro atoms. The molecule has 0 radical (unpaired) electrons. The van der Waals surface area contributed by atoms with E-state index in [0.717, 1.165) is 36.5 Å². The molecule has 88 valence electrons. The Morgan fingerprint density at radius 2 is 1.93 bits per heavy atom. The highest BCUT2D eigenvalue weighted by Crippen LogP contribution is 2.39. The number of nitrogens with zero attached hydrogens (tertiary/aromatic N) is 1. The van der Waals surface area contributed by atoms with Crippen LogP contribution in [0.15, 0.2) is 0 Å². The van der Waals surface area contributed by atoms with E-state index in [1.165, 1.54) is 19.4 Å². The number of hydrogen-bond donors (Lipinski definition) is 1. The second kappa shape index (κ2) is 4.42. The smallest absolute Gasteiger partial charge is 0.0127 e. The minimum Gasteiger partial charge on any atom is -0.314 e. The number of nitrogens with one attached hydrogen (secondary N) is 1. The fraction of sp³-hybridized carbons (Fsp3) is 1.00. The minimum atomic E-state index is 0.746. The molecule has 0 aromatic heterocycles. The minimum absolute atomic E-state index is 0.746. The first-order valence-electron chi connectivity index (χ1n) is 6.64. The Balaban J connectivity index is 1.92. The predicted octanol–water partition coefficient (Wildman–Crippen LogP) is 2.10. The molecule has 0 bridgehead atoms. The van der Waals surface area contributed by atoms with E-state index >= 15 is 0 Å². The Morgan fingerprint density at radius 3 is 2.47 bits per heavy atom. The summed E-state index contributed by atoms with van der Waals surface area (Å²) in [5, 5.41) is 3.63. The van der Waals surface area contributed by atoms with Gasteiger partial charge < -0.3 is 5.32 Å². The summed E-state index contributed by atoms with van der Waals surface area (Å²) in [5.74, 6) is 1.75. The first kappa shape index (κ1) is 11.4. The number of hydrogen-bond acceptors (Lipinski definition) is 2. The highest BCUT2D eigenvalue weighted by molar-refractivity contribution is 4.99. The third-order valence-electron chi connectivity index (χ3n) is 4.58. The fourth-order valence-electron chi connectivity index (χ4n) is 3.18. The largest absolute Gasteiger partial charge is 0.314 e. The SMILES string of the molecule is CCNC1CCN(C2CC2C)C(C)C1C. The third-order valence-corrected chi connectivity index (χ3v) is 4.58. The van der Waals surface area contributed by atoms with Crippen LogP contribution in [0.5, 0.6) is 0 Å². The van der Waals surface area contributed by atoms with Crippen molar-refractivity contribution in [2.75, 3.05) is 13.1 Å². The van der Waals surface area contributed by atoms with Crippen molar-refractivity contribution < 1.29 is 0 Å². The van der Waals surface area contributed by atoms with Crippen LogP contribution in [0, 0.1) is 11.8 Å². The molecule has 1 saturated heterocycles. The molecule has 0 aromatic rings. The van der Waals surface area contributed by atoms with Gasteiger partial charge in [0, 0.05) is 24.7 Å². The van der Waals surface area contributed by atoms with Crippen LogP contribution in [0.3, 0.4) is 0 Å². The predicted molar refractivity (Wildman–Crippen MR) is 65.0 cm³/mol. The molecule has 1 saturated carbocycles. The Bertz CT molecular complexity index is 217. The van der Waals surface area contributed by atoms with Gasteiger partial charge in [0.15, 0.2) is 0 Å². The summed E-state index contributed by atoms with van der Waals surface area (Å²) in [6.45, 7) is 11.8. The van der Waals surface area contributed by atoms with Gasteiger partial charge in [-0.3, -0.25) is 4.90 Å². The molecule has 5 atom stereocenters. The van der Waals surface area contributed by atoms with Gasteiger partial charge in [-0.05, 0) is 38.1 Å². The lowest BCUT2D eigenvalue weighted by Crippen LogP contribution is -2.54. The molecule has 2 aliphatic rings. The van der Waals surface area contributed by atoms with E-state index in [9.17, 15) is 0 Å². The normalized spacial score (nSPS) is 46.8. The van der Waals surface area contributed by atoms with E-state index in [4.69, 9.17) is 0 Å². The molecule has 2 nitrogen and oxygen atoms in total. The number of rotatable bonds is 3. The van der Waals surface area contributed by atoms with Crippen LogP contribution >= 0.6 is 0 Å². The van der Waals surface area contributed by atoms with Crippen LogP contribution in [0.4, 0.5) is 0 Å². The average Bonchev–Trinajstić information content (AvgIpc) is 2.91. The van der Waals surface area contributed by atoms with Gasteiger partial charge in [0.2, 0.25) is 0 Å². The summed E-state index contributed by atoms with van der Waals surface area (Å²) in [7, 11) is 0. The van der Waals surface area contributed by atoms with E-state index in [0.29, 0.717) is 0 Å². The van der Waals surface area contributed by atoms with Crippen molar-refractivity contribution in [3.05, 3.63) is 0 Å². The Hall–Kier alpha value is -0.0800. The zero-order valence-corrected chi connectivity index (χ0v) is 10.7. The van der Waals surface area contributed by atoms with Gasteiger partial charge in [0.1, 0.15) is 0 Å². The van der Waals surface area contributed by atoms with Gasteiger partial charge in [0.05, 0.1) is 0 Å². The molecule has 0 amide bonds. The van der Waals surface area contributed by atoms with Crippen LogP contribution in [-0.2, 0) is 0 Å². The van der Waals surface area contributed by atoms with Gasteiger partial charge in [0.25, 0.3) is 0 Å². The zero-order chi connectivity index (χ0) is 11.0. The lowest BCUT2D eigenvalue weighted by atomic mass is 9.87. The van der Waals surface area contributed by atoms with Crippen LogP contribution < -0.4 is 5.32 Å². The molecule has 1 heterocycles. The summed E-state index contributed by atoms with van der Waals surface area (Å²) in [5.41, 5.74) is 0. The van der Waals surface area contributed by atoms with Crippen LogP contribution in [0.1, 0.15) is 40.5 Å².